The number of amides is 1. The molecule has 5 nitrogen and oxygen atoms in total. The van der Waals surface area contributed by atoms with Crippen molar-refractivity contribution in [2.75, 3.05) is 33.4 Å². The molecule has 19 heavy (non-hydrogen) atoms. The van der Waals surface area contributed by atoms with Crippen LogP contribution in [0.3, 0.4) is 0 Å². The van der Waals surface area contributed by atoms with E-state index in [2.05, 4.69) is 26.1 Å². The number of carbonyl (C=O) groups is 1. The molecule has 0 saturated carbocycles. The van der Waals surface area contributed by atoms with E-state index in [0.29, 0.717) is 19.0 Å². The maximum atomic E-state index is 11.7. The molecule has 1 heterocycles. The number of methoxy groups -OCH3 is 1. The fourth-order valence-corrected chi connectivity index (χ4v) is 2.47. The Morgan fingerprint density at radius 2 is 2.11 bits per heavy atom. The summed E-state index contributed by atoms with van der Waals surface area (Å²) in [5.74, 6) is 0.343. The van der Waals surface area contributed by atoms with E-state index >= 15 is 0 Å². The van der Waals surface area contributed by atoms with Crippen LogP contribution in [0.5, 0.6) is 0 Å². The Morgan fingerprint density at radius 1 is 1.42 bits per heavy atom. The largest absolute Gasteiger partial charge is 0.453 e. The summed E-state index contributed by atoms with van der Waals surface area (Å²) in [6.07, 6.45) is 1.47. The van der Waals surface area contributed by atoms with Gasteiger partial charge >= 0.3 is 6.09 Å². The number of nitrogens with zero attached hydrogens (tertiary/aromatic N) is 1. The Kier molecular flexibility index (Phi) is 6.07. The van der Waals surface area contributed by atoms with Crippen molar-refractivity contribution in [3.05, 3.63) is 0 Å². The van der Waals surface area contributed by atoms with Crippen molar-refractivity contribution in [2.24, 2.45) is 11.3 Å². The summed E-state index contributed by atoms with van der Waals surface area (Å²) in [6, 6.07) is 0.281. The lowest BCUT2D eigenvalue weighted by Gasteiger charge is -2.38. The zero-order chi connectivity index (χ0) is 14.5. The fourth-order valence-electron chi connectivity index (χ4n) is 2.47. The number of aliphatic hydroxyl groups is 1. The lowest BCUT2D eigenvalue weighted by molar-refractivity contribution is 0.0827. The number of piperidine rings is 1. The number of aliphatic hydroxyl groups excluding tert-OH is 1. The smallest absolute Gasteiger partial charge is 0.409 e. The van der Waals surface area contributed by atoms with Gasteiger partial charge in [-0.05, 0) is 24.2 Å². The van der Waals surface area contributed by atoms with Crippen LogP contribution in [-0.4, -0.2) is 55.5 Å². The average molecular weight is 272 g/mol. The van der Waals surface area contributed by atoms with Crippen LogP contribution in [0, 0.1) is 11.3 Å². The Labute approximate surface area is 116 Å². The van der Waals surface area contributed by atoms with Crippen molar-refractivity contribution in [3.8, 4) is 0 Å². The van der Waals surface area contributed by atoms with Crippen LogP contribution in [0.25, 0.3) is 0 Å². The molecule has 1 amide bonds. The molecule has 1 fully saturated rings. The third-order valence-corrected chi connectivity index (χ3v) is 3.43. The van der Waals surface area contributed by atoms with Gasteiger partial charge in [-0.1, -0.05) is 20.8 Å². The molecule has 0 aliphatic carbocycles. The van der Waals surface area contributed by atoms with Gasteiger partial charge < -0.3 is 20.1 Å². The van der Waals surface area contributed by atoms with Gasteiger partial charge in [0.1, 0.15) is 0 Å². The van der Waals surface area contributed by atoms with Crippen LogP contribution in [0.15, 0.2) is 0 Å². The molecule has 0 radical (unpaired) electrons. The monoisotopic (exact) mass is 272 g/mol. The van der Waals surface area contributed by atoms with Gasteiger partial charge in [-0.3, -0.25) is 0 Å². The molecular weight excluding hydrogens is 244 g/mol. The van der Waals surface area contributed by atoms with Gasteiger partial charge in [0, 0.05) is 32.3 Å². The first-order chi connectivity index (χ1) is 8.85. The van der Waals surface area contributed by atoms with E-state index in [0.717, 1.165) is 19.4 Å². The van der Waals surface area contributed by atoms with Crippen LogP contribution in [0.1, 0.15) is 33.6 Å². The van der Waals surface area contributed by atoms with Gasteiger partial charge in [0.25, 0.3) is 0 Å². The van der Waals surface area contributed by atoms with Crippen LogP contribution in [0.2, 0.25) is 0 Å². The first-order valence-corrected chi connectivity index (χ1v) is 7.03. The molecule has 1 aliphatic heterocycles. The predicted molar refractivity (Wildman–Crippen MR) is 75.0 cm³/mol. The first-order valence-electron chi connectivity index (χ1n) is 7.03. The van der Waals surface area contributed by atoms with E-state index in [9.17, 15) is 4.79 Å². The standard InChI is InChI=1S/C14H28N2O3/c1-14(2,3)10-15-12-7-11(5-6-17)8-16(9-12)13(18)19-4/h11-12,15,17H,5-10H2,1-4H3. The van der Waals surface area contributed by atoms with Gasteiger partial charge in [-0.15, -0.1) is 0 Å². The van der Waals surface area contributed by atoms with E-state index in [4.69, 9.17) is 9.84 Å². The molecule has 0 aromatic carbocycles. The summed E-state index contributed by atoms with van der Waals surface area (Å²) in [4.78, 5) is 13.4. The van der Waals surface area contributed by atoms with E-state index in [1.54, 1.807) is 4.90 Å². The Balaban J connectivity index is 2.57. The van der Waals surface area contributed by atoms with E-state index in [1.807, 2.05) is 0 Å². The number of nitrogens with one attached hydrogen (secondary N) is 1. The molecule has 0 bridgehead atoms. The highest BCUT2D eigenvalue weighted by molar-refractivity contribution is 5.67. The molecule has 5 heteroatoms. The lowest BCUT2D eigenvalue weighted by Crippen LogP contribution is -2.52. The van der Waals surface area contributed by atoms with Crippen molar-refractivity contribution >= 4 is 6.09 Å². The fraction of sp³-hybridized carbons (Fsp3) is 0.929. The predicted octanol–water partition coefficient (Wildman–Crippen LogP) is 1.46. The minimum absolute atomic E-state index is 0.172. The molecule has 0 spiro atoms. The summed E-state index contributed by atoms with van der Waals surface area (Å²) < 4.78 is 4.81. The number of likely N-dealkylation sites (tertiary alicyclic amines) is 1. The highest BCUT2D eigenvalue weighted by atomic mass is 16.5. The number of rotatable bonds is 4. The second-order valence-electron chi connectivity index (χ2n) is 6.63. The topological polar surface area (TPSA) is 61.8 Å². The summed E-state index contributed by atoms with van der Waals surface area (Å²) in [6.45, 7) is 9.01. The summed E-state index contributed by atoms with van der Waals surface area (Å²) in [5.41, 5.74) is 0.222. The van der Waals surface area contributed by atoms with Crippen LogP contribution < -0.4 is 5.32 Å². The van der Waals surface area contributed by atoms with Crippen LogP contribution in [0.4, 0.5) is 4.79 Å². The number of hydrogen-bond acceptors (Lipinski definition) is 4. The maximum Gasteiger partial charge on any atom is 0.409 e. The van der Waals surface area contributed by atoms with Crippen molar-refractivity contribution in [1.29, 1.82) is 0 Å². The van der Waals surface area contributed by atoms with Gasteiger partial charge in [0.05, 0.1) is 7.11 Å². The van der Waals surface area contributed by atoms with E-state index < -0.39 is 0 Å². The van der Waals surface area contributed by atoms with E-state index in [1.165, 1.54) is 7.11 Å². The Bertz CT molecular complexity index is 289. The summed E-state index contributed by atoms with van der Waals surface area (Å²) in [5, 5.41) is 12.6. The highest BCUT2D eigenvalue weighted by Crippen LogP contribution is 2.21. The minimum Gasteiger partial charge on any atom is -0.453 e. The van der Waals surface area contributed by atoms with Gasteiger partial charge in [0.15, 0.2) is 0 Å². The van der Waals surface area contributed by atoms with Crippen LogP contribution >= 0.6 is 0 Å². The second-order valence-corrected chi connectivity index (χ2v) is 6.63. The van der Waals surface area contributed by atoms with Gasteiger partial charge in [-0.25, -0.2) is 4.79 Å². The molecule has 1 aliphatic rings. The number of ether oxygens (including phenoxy) is 1. The third kappa shape index (κ3) is 5.78. The molecule has 2 atom stereocenters. The van der Waals surface area contributed by atoms with Gasteiger partial charge in [0.2, 0.25) is 0 Å². The SMILES string of the molecule is COC(=O)N1CC(CCO)CC(NCC(C)(C)C)C1. The third-order valence-electron chi connectivity index (χ3n) is 3.43. The molecule has 112 valence electrons. The average Bonchev–Trinajstić information content (AvgIpc) is 2.35. The summed E-state index contributed by atoms with van der Waals surface area (Å²) >= 11 is 0. The maximum absolute atomic E-state index is 11.7. The highest BCUT2D eigenvalue weighted by Gasteiger charge is 2.30. The molecule has 2 N–H and O–H groups in total. The molecule has 1 rings (SSSR count). The first kappa shape index (κ1) is 16.2. The minimum atomic E-state index is -0.273. The molecule has 0 aromatic heterocycles. The summed E-state index contributed by atoms with van der Waals surface area (Å²) in [7, 11) is 1.41. The van der Waals surface area contributed by atoms with Crippen molar-refractivity contribution in [2.45, 2.75) is 39.7 Å². The second kappa shape index (κ2) is 7.10. The lowest BCUT2D eigenvalue weighted by atomic mass is 9.90. The quantitative estimate of drug-likeness (QED) is 0.813. The van der Waals surface area contributed by atoms with Crippen molar-refractivity contribution in [3.63, 3.8) is 0 Å². The van der Waals surface area contributed by atoms with Crippen molar-refractivity contribution in [1.82, 2.24) is 10.2 Å². The zero-order valence-corrected chi connectivity index (χ0v) is 12.6. The number of hydrogen-bond donors (Lipinski definition) is 2. The molecule has 1 saturated heterocycles. The molecular formula is C14H28N2O3. The van der Waals surface area contributed by atoms with Crippen molar-refractivity contribution < 1.29 is 14.6 Å². The molecule has 2 unspecified atom stereocenters. The van der Waals surface area contributed by atoms with Crippen LogP contribution in [-0.2, 0) is 4.74 Å². The molecule has 0 aromatic rings. The number of carbonyl (C=O) groups excluding carboxylic acids is 1. The zero-order valence-electron chi connectivity index (χ0n) is 12.6. The Hall–Kier alpha value is -0.810. The van der Waals surface area contributed by atoms with Gasteiger partial charge in [-0.2, -0.15) is 0 Å². The normalized spacial score (nSPS) is 24.4. The van der Waals surface area contributed by atoms with E-state index in [-0.39, 0.29) is 24.2 Å². The Morgan fingerprint density at radius 3 is 2.63 bits per heavy atom.